The molecule has 1 aromatic heterocycles. The van der Waals surface area contributed by atoms with Crippen molar-refractivity contribution in [3.05, 3.63) is 64.5 Å². The van der Waals surface area contributed by atoms with E-state index in [0.717, 1.165) is 16.8 Å². The summed E-state index contributed by atoms with van der Waals surface area (Å²) in [7, 11) is 1.68. The normalized spacial score (nSPS) is 10.6. The predicted octanol–water partition coefficient (Wildman–Crippen LogP) is 4.86. The molecule has 3 amide bonds. The highest BCUT2D eigenvalue weighted by Gasteiger charge is 2.13. The number of nitrogens with one attached hydrogen (secondary N) is 4. The van der Waals surface area contributed by atoms with Gasteiger partial charge in [0.25, 0.3) is 5.91 Å². The molecule has 0 aliphatic carbocycles. The number of hydrogen-bond donors (Lipinski definition) is 4. The number of aryl methyl sites for hydroxylation is 3. The zero-order chi connectivity index (χ0) is 24.1. The first-order valence-electron chi connectivity index (χ1n) is 10.7. The summed E-state index contributed by atoms with van der Waals surface area (Å²) in [6.07, 6.45) is 0. The van der Waals surface area contributed by atoms with Crippen LogP contribution in [0.5, 0.6) is 0 Å². The number of urea groups is 1. The number of carbonyl (C=O) groups is 2. The SMILES string of the molecule is CNc1nc(C)nc(NC(=O)Nc2cc(C(=O)Nc3ccc(C(C)C)c(C)c3)ccc2C)n1. The number of aromatic nitrogens is 3. The van der Waals surface area contributed by atoms with E-state index in [2.05, 4.69) is 50.1 Å². The molecule has 3 aromatic rings. The minimum absolute atomic E-state index is 0.121. The van der Waals surface area contributed by atoms with E-state index in [9.17, 15) is 9.59 Å². The molecule has 9 nitrogen and oxygen atoms in total. The lowest BCUT2D eigenvalue weighted by Crippen LogP contribution is -2.22. The second kappa shape index (κ2) is 10.1. The molecule has 0 fully saturated rings. The first kappa shape index (κ1) is 23.6. The molecule has 3 rings (SSSR count). The van der Waals surface area contributed by atoms with Gasteiger partial charge in [0.15, 0.2) is 0 Å². The van der Waals surface area contributed by atoms with Gasteiger partial charge >= 0.3 is 6.03 Å². The van der Waals surface area contributed by atoms with Gasteiger partial charge in [-0.05, 0) is 67.6 Å². The van der Waals surface area contributed by atoms with Crippen molar-refractivity contribution in [1.29, 1.82) is 0 Å². The predicted molar refractivity (Wildman–Crippen MR) is 131 cm³/mol. The minimum Gasteiger partial charge on any atom is -0.357 e. The number of benzene rings is 2. The largest absolute Gasteiger partial charge is 0.357 e. The zero-order valence-corrected chi connectivity index (χ0v) is 19.7. The quantitative estimate of drug-likeness (QED) is 0.428. The average molecular weight is 448 g/mol. The molecule has 9 heteroatoms. The summed E-state index contributed by atoms with van der Waals surface area (Å²) >= 11 is 0. The number of carbonyl (C=O) groups excluding carboxylic acids is 2. The fourth-order valence-electron chi connectivity index (χ4n) is 3.41. The fraction of sp³-hybridized carbons (Fsp3) is 0.292. The molecule has 2 aromatic carbocycles. The summed E-state index contributed by atoms with van der Waals surface area (Å²) in [6.45, 7) is 9.86. The zero-order valence-electron chi connectivity index (χ0n) is 19.7. The second-order valence-corrected chi connectivity index (χ2v) is 8.07. The van der Waals surface area contributed by atoms with Crippen LogP contribution in [0.2, 0.25) is 0 Å². The van der Waals surface area contributed by atoms with Crippen LogP contribution in [0.25, 0.3) is 0 Å². The topological polar surface area (TPSA) is 121 Å². The Hall–Kier alpha value is -4.01. The molecule has 0 saturated heterocycles. The van der Waals surface area contributed by atoms with Gasteiger partial charge in [-0.3, -0.25) is 10.1 Å². The maximum Gasteiger partial charge on any atom is 0.326 e. The lowest BCUT2D eigenvalue weighted by Gasteiger charge is -2.14. The molecule has 0 atom stereocenters. The molecule has 4 N–H and O–H groups in total. The Morgan fingerprint density at radius 3 is 2.21 bits per heavy atom. The third-order valence-electron chi connectivity index (χ3n) is 5.09. The molecule has 0 aliphatic rings. The minimum atomic E-state index is -0.525. The van der Waals surface area contributed by atoms with Gasteiger partial charge < -0.3 is 16.0 Å². The van der Waals surface area contributed by atoms with Crippen LogP contribution in [0.3, 0.4) is 0 Å². The molecular weight excluding hydrogens is 418 g/mol. The molecule has 0 bridgehead atoms. The van der Waals surface area contributed by atoms with Crippen LogP contribution < -0.4 is 21.3 Å². The summed E-state index contributed by atoms with van der Waals surface area (Å²) in [5, 5.41) is 11.1. The molecule has 0 radical (unpaired) electrons. The Morgan fingerprint density at radius 1 is 0.818 bits per heavy atom. The standard InChI is InChI=1S/C24H29N7O2/c1-13(2)19-10-9-18(11-15(19)4)28-21(32)17-8-7-14(3)20(12-17)29-24(33)31-23-27-16(5)26-22(25-6)30-23/h7-13H,1-6H3,(H,28,32)(H3,25,26,27,29,30,31,33). The van der Waals surface area contributed by atoms with E-state index >= 15 is 0 Å². The Labute approximate surface area is 193 Å². The highest BCUT2D eigenvalue weighted by molar-refractivity contribution is 6.06. The molecule has 0 spiro atoms. The number of rotatable bonds is 6. The van der Waals surface area contributed by atoms with Gasteiger partial charge in [0.1, 0.15) is 5.82 Å². The van der Waals surface area contributed by atoms with E-state index < -0.39 is 6.03 Å². The maximum atomic E-state index is 12.8. The Morgan fingerprint density at radius 2 is 1.55 bits per heavy atom. The van der Waals surface area contributed by atoms with Crippen LogP contribution in [-0.2, 0) is 0 Å². The first-order valence-corrected chi connectivity index (χ1v) is 10.7. The number of nitrogens with zero attached hydrogens (tertiary/aromatic N) is 3. The van der Waals surface area contributed by atoms with Crippen LogP contribution >= 0.6 is 0 Å². The number of hydrogen-bond acceptors (Lipinski definition) is 6. The highest BCUT2D eigenvalue weighted by atomic mass is 16.2. The Bertz CT molecular complexity index is 1190. The summed E-state index contributed by atoms with van der Waals surface area (Å²) in [5.74, 6) is 1.09. The third-order valence-corrected chi connectivity index (χ3v) is 5.09. The van der Waals surface area contributed by atoms with E-state index in [0.29, 0.717) is 28.9 Å². The lowest BCUT2D eigenvalue weighted by atomic mass is 9.97. The maximum absolute atomic E-state index is 12.8. The first-order chi connectivity index (χ1) is 15.7. The lowest BCUT2D eigenvalue weighted by molar-refractivity contribution is 0.102. The van der Waals surface area contributed by atoms with Crippen LogP contribution in [0.15, 0.2) is 36.4 Å². The summed E-state index contributed by atoms with van der Waals surface area (Å²) in [5.41, 5.74) is 4.83. The summed E-state index contributed by atoms with van der Waals surface area (Å²) < 4.78 is 0. The van der Waals surface area contributed by atoms with Gasteiger partial charge in [0, 0.05) is 24.0 Å². The van der Waals surface area contributed by atoms with Gasteiger partial charge in [0.2, 0.25) is 11.9 Å². The van der Waals surface area contributed by atoms with Gasteiger partial charge in [0.05, 0.1) is 0 Å². The molecule has 33 heavy (non-hydrogen) atoms. The van der Waals surface area contributed by atoms with Gasteiger partial charge in [-0.15, -0.1) is 0 Å². The summed E-state index contributed by atoms with van der Waals surface area (Å²) in [6, 6.07) is 10.5. The molecule has 1 heterocycles. The third kappa shape index (κ3) is 6.03. The van der Waals surface area contributed by atoms with Gasteiger partial charge in [-0.25, -0.2) is 4.79 Å². The Kier molecular flexibility index (Phi) is 7.22. The van der Waals surface area contributed by atoms with Crippen molar-refractivity contribution < 1.29 is 9.59 Å². The van der Waals surface area contributed by atoms with Crippen LogP contribution in [0, 0.1) is 20.8 Å². The molecule has 172 valence electrons. The van der Waals surface area contributed by atoms with Crippen molar-refractivity contribution in [1.82, 2.24) is 15.0 Å². The molecule has 0 aliphatic heterocycles. The van der Waals surface area contributed by atoms with Crippen molar-refractivity contribution in [3.63, 3.8) is 0 Å². The van der Waals surface area contributed by atoms with E-state index in [1.165, 1.54) is 5.56 Å². The van der Waals surface area contributed by atoms with E-state index in [4.69, 9.17) is 0 Å². The highest BCUT2D eigenvalue weighted by Crippen LogP contribution is 2.23. The summed E-state index contributed by atoms with van der Waals surface area (Å²) in [4.78, 5) is 37.6. The van der Waals surface area contributed by atoms with Gasteiger partial charge in [-0.1, -0.05) is 26.0 Å². The van der Waals surface area contributed by atoms with E-state index in [1.54, 1.807) is 32.2 Å². The molecular formula is C24H29N7O2. The number of amides is 3. The molecule has 0 saturated carbocycles. The van der Waals surface area contributed by atoms with E-state index in [-0.39, 0.29) is 11.9 Å². The number of anilines is 4. The van der Waals surface area contributed by atoms with Crippen molar-refractivity contribution in [2.75, 3.05) is 28.3 Å². The fourth-order valence-corrected chi connectivity index (χ4v) is 3.41. The van der Waals surface area contributed by atoms with Crippen molar-refractivity contribution in [2.24, 2.45) is 0 Å². The second-order valence-electron chi connectivity index (χ2n) is 8.07. The van der Waals surface area contributed by atoms with Crippen LogP contribution in [0.4, 0.5) is 28.1 Å². The van der Waals surface area contributed by atoms with Crippen LogP contribution in [-0.4, -0.2) is 33.9 Å². The van der Waals surface area contributed by atoms with E-state index in [1.807, 2.05) is 32.0 Å². The smallest absolute Gasteiger partial charge is 0.326 e. The average Bonchev–Trinajstić information content (AvgIpc) is 2.74. The monoisotopic (exact) mass is 447 g/mol. The van der Waals surface area contributed by atoms with Crippen LogP contribution in [0.1, 0.15) is 52.6 Å². The Balaban J connectivity index is 1.72. The van der Waals surface area contributed by atoms with Crippen molar-refractivity contribution in [3.8, 4) is 0 Å². The van der Waals surface area contributed by atoms with Crippen molar-refractivity contribution in [2.45, 2.75) is 40.5 Å². The van der Waals surface area contributed by atoms with Crippen molar-refractivity contribution >= 4 is 35.2 Å². The molecule has 0 unspecified atom stereocenters. The van der Waals surface area contributed by atoms with Gasteiger partial charge in [-0.2, -0.15) is 15.0 Å².